The Balaban J connectivity index is 1.68. The van der Waals surface area contributed by atoms with Crippen molar-refractivity contribution in [3.8, 4) is 0 Å². The molecule has 2 aromatic carbocycles. The molecule has 0 spiro atoms. The second-order valence-electron chi connectivity index (χ2n) is 6.04. The molecule has 28 heavy (non-hydrogen) atoms. The Bertz CT molecular complexity index is 1030. The van der Waals surface area contributed by atoms with Crippen LogP contribution in [0.3, 0.4) is 0 Å². The molecule has 1 aromatic heterocycles. The number of carbonyl (C=O) groups excluding carboxylic acids is 2. The van der Waals surface area contributed by atoms with E-state index in [2.05, 4.69) is 15.8 Å². The summed E-state index contributed by atoms with van der Waals surface area (Å²) < 4.78 is 40.0. The highest BCUT2D eigenvalue weighted by atomic mass is 19.4. The van der Waals surface area contributed by atoms with Crippen LogP contribution >= 0.6 is 0 Å². The van der Waals surface area contributed by atoms with E-state index in [9.17, 15) is 22.8 Å². The number of amides is 2. The van der Waals surface area contributed by atoms with Gasteiger partial charge < -0.3 is 4.57 Å². The number of imidazole rings is 1. The number of hydrazine groups is 1. The number of hydrogen-bond acceptors (Lipinski definition) is 3. The molecule has 0 bridgehead atoms. The molecule has 146 valence electrons. The topological polar surface area (TPSA) is 76.0 Å². The minimum absolute atomic E-state index is 0.0907. The molecule has 1 heterocycles. The molecule has 0 radical (unpaired) electrons. The zero-order chi connectivity index (χ0) is 20.3. The van der Waals surface area contributed by atoms with Gasteiger partial charge in [0.15, 0.2) is 0 Å². The smallest absolute Gasteiger partial charge is 0.318 e. The molecule has 0 fully saturated rings. The van der Waals surface area contributed by atoms with Crippen LogP contribution in [-0.2, 0) is 23.9 Å². The number of aromatic nitrogens is 2. The zero-order valence-electron chi connectivity index (χ0n) is 14.9. The van der Waals surface area contributed by atoms with E-state index >= 15 is 0 Å². The third-order valence-corrected chi connectivity index (χ3v) is 4.12. The SMILES string of the molecule is CCc1nc2ccccc2n1CC(=O)NNC(=O)c1cccc(C(F)(F)F)c1. The number of para-hydroxylation sites is 2. The van der Waals surface area contributed by atoms with Crippen molar-refractivity contribution in [1.29, 1.82) is 0 Å². The predicted octanol–water partition coefficient (Wildman–Crippen LogP) is 3.08. The maximum atomic E-state index is 12.7. The summed E-state index contributed by atoms with van der Waals surface area (Å²) in [4.78, 5) is 28.7. The van der Waals surface area contributed by atoms with E-state index < -0.39 is 23.6 Å². The van der Waals surface area contributed by atoms with Crippen molar-refractivity contribution in [3.63, 3.8) is 0 Å². The molecule has 3 aromatic rings. The summed E-state index contributed by atoms with van der Waals surface area (Å²) in [6, 6.07) is 11.3. The number of halogens is 3. The minimum atomic E-state index is -4.56. The van der Waals surface area contributed by atoms with E-state index in [1.54, 1.807) is 4.57 Å². The quantitative estimate of drug-likeness (QED) is 0.673. The van der Waals surface area contributed by atoms with Crippen LogP contribution in [0.4, 0.5) is 13.2 Å². The number of rotatable bonds is 4. The van der Waals surface area contributed by atoms with Gasteiger partial charge in [0.05, 0.1) is 16.6 Å². The summed E-state index contributed by atoms with van der Waals surface area (Å²) in [5.41, 5.74) is 4.74. The maximum Gasteiger partial charge on any atom is 0.416 e. The summed E-state index contributed by atoms with van der Waals surface area (Å²) in [5.74, 6) is -0.663. The number of fused-ring (bicyclic) bond motifs is 1. The van der Waals surface area contributed by atoms with E-state index in [-0.39, 0.29) is 12.1 Å². The first-order chi connectivity index (χ1) is 13.3. The third-order valence-electron chi connectivity index (χ3n) is 4.12. The Morgan fingerprint density at radius 2 is 1.82 bits per heavy atom. The van der Waals surface area contributed by atoms with E-state index in [0.717, 1.165) is 29.2 Å². The van der Waals surface area contributed by atoms with E-state index in [0.29, 0.717) is 12.2 Å². The van der Waals surface area contributed by atoms with Crippen LogP contribution in [0.2, 0.25) is 0 Å². The fourth-order valence-electron chi connectivity index (χ4n) is 2.79. The largest absolute Gasteiger partial charge is 0.416 e. The molecule has 2 amide bonds. The highest BCUT2D eigenvalue weighted by Gasteiger charge is 2.30. The summed E-state index contributed by atoms with van der Waals surface area (Å²) in [6.07, 6.45) is -3.95. The number of carbonyl (C=O) groups is 2. The van der Waals surface area contributed by atoms with Crippen LogP contribution < -0.4 is 10.9 Å². The van der Waals surface area contributed by atoms with Gasteiger partial charge in [-0.25, -0.2) is 4.98 Å². The number of hydrogen-bond donors (Lipinski definition) is 2. The van der Waals surface area contributed by atoms with Crippen LogP contribution in [0.1, 0.15) is 28.7 Å². The van der Waals surface area contributed by atoms with E-state index in [1.807, 2.05) is 31.2 Å². The lowest BCUT2D eigenvalue weighted by Crippen LogP contribution is -2.43. The number of benzene rings is 2. The second kappa shape index (κ2) is 7.71. The molecule has 9 heteroatoms. The molecule has 0 saturated carbocycles. The highest BCUT2D eigenvalue weighted by molar-refractivity contribution is 5.95. The molecule has 2 N–H and O–H groups in total. The molecular formula is C19H17F3N4O2. The number of nitrogens with zero attached hydrogens (tertiary/aromatic N) is 2. The lowest BCUT2D eigenvalue weighted by Gasteiger charge is -2.11. The molecule has 0 unspecified atom stereocenters. The molecule has 0 aliphatic rings. The van der Waals surface area contributed by atoms with Crippen LogP contribution in [-0.4, -0.2) is 21.4 Å². The summed E-state index contributed by atoms with van der Waals surface area (Å²) in [6.45, 7) is 1.82. The van der Waals surface area contributed by atoms with Crippen molar-refractivity contribution >= 4 is 22.8 Å². The normalized spacial score (nSPS) is 11.4. The average molecular weight is 390 g/mol. The van der Waals surface area contributed by atoms with E-state index in [1.165, 1.54) is 6.07 Å². The highest BCUT2D eigenvalue weighted by Crippen LogP contribution is 2.29. The monoisotopic (exact) mass is 390 g/mol. The first kappa shape index (κ1) is 19.4. The van der Waals surface area contributed by atoms with Crippen LogP contribution in [0.25, 0.3) is 11.0 Å². The molecule has 3 rings (SSSR count). The summed E-state index contributed by atoms with van der Waals surface area (Å²) in [5, 5.41) is 0. The fourth-order valence-corrected chi connectivity index (χ4v) is 2.79. The first-order valence-corrected chi connectivity index (χ1v) is 8.50. The van der Waals surface area contributed by atoms with Gasteiger partial charge in [0.1, 0.15) is 12.4 Å². The Morgan fingerprint density at radius 3 is 2.54 bits per heavy atom. The van der Waals surface area contributed by atoms with Crippen LogP contribution in [0, 0.1) is 0 Å². The first-order valence-electron chi connectivity index (χ1n) is 8.50. The summed E-state index contributed by atoms with van der Waals surface area (Å²) >= 11 is 0. The van der Waals surface area contributed by atoms with Crippen molar-refractivity contribution in [1.82, 2.24) is 20.4 Å². The molecular weight excluding hydrogens is 373 g/mol. The fraction of sp³-hybridized carbons (Fsp3) is 0.211. The van der Waals surface area contributed by atoms with Gasteiger partial charge in [-0.05, 0) is 30.3 Å². The lowest BCUT2D eigenvalue weighted by molar-refractivity contribution is -0.137. The maximum absolute atomic E-state index is 12.7. The zero-order valence-corrected chi connectivity index (χ0v) is 14.9. The van der Waals surface area contributed by atoms with Crippen molar-refractivity contribution in [2.75, 3.05) is 0 Å². The van der Waals surface area contributed by atoms with E-state index in [4.69, 9.17) is 0 Å². The number of nitrogens with one attached hydrogen (secondary N) is 2. The van der Waals surface area contributed by atoms with Gasteiger partial charge in [0.25, 0.3) is 11.8 Å². The third kappa shape index (κ3) is 4.13. The molecule has 6 nitrogen and oxygen atoms in total. The van der Waals surface area contributed by atoms with Gasteiger partial charge in [-0.3, -0.25) is 20.4 Å². The van der Waals surface area contributed by atoms with Crippen LogP contribution in [0.5, 0.6) is 0 Å². The van der Waals surface area contributed by atoms with Gasteiger partial charge >= 0.3 is 6.18 Å². The van der Waals surface area contributed by atoms with Gasteiger partial charge in [0.2, 0.25) is 0 Å². The Morgan fingerprint density at radius 1 is 1.07 bits per heavy atom. The molecule has 0 saturated heterocycles. The Kier molecular flexibility index (Phi) is 5.34. The van der Waals surface area contributed by atoms with Crippen molar-refractivity contribution in [2.24, 2.45) is 0 Å². The lowest BCUT2D eigenvalue weighted by atomic mass is 10.1. The second-order valence-corrected chi connectivity index (χ2v) is 6.04. The van der Waals surface area contributed by atoms with Gasteiger partial charge in [-0.2, -0.15) is 13.2 Å². The van der Waals surface area contributed by atoms with Gasteiger partial charge in [-0.15, -0.1) is 0 Å². The van der Waals surface area contributed by atoms with Crippen LogP contribution in [0.15, 0.2) is 48.5 Å². The van der Waals surface area contributed by atoms with Crippen molar-refractivity contribution in [3.05, 3.63) is 65.5 Å². The number of aryl methyl sites for hydroxylation is 1. The molecule has 0 aliphatic carbocycles. The number of alkyl halides is 3. The average Bonchev–Trinajstić information content (AvgIpc) is 3.03. The summed E-state index contributed by atoms with van der Waals surface area (Å²) in [7, 11) is 0. The molecule has 0 aliphatic heterocycles. The Labute approximate surface area is 158 Å². The van der Waals surface area contributed by atoms with Crippen molar-refractivity contribution < 1.29 is 22.8 Å². The van der Waals surface area contributed by atoms with Crippen molar-refractivity contribution in [2.45, 2.75) is 26.1 Å². The molecule has 0 atom stereocenters. The predicted molar refractivity (Wildman–Crippen MR) is 96.2 cm³/mol. The van der Waals surface area contributed by atoms with Gasteiger partial charge in [0, 0.05) is 12.0 Å². The van der Waals surface area contributed by atoms with Gasteiger partial charge in [-0.1, -0.05) is 25.1 Å². The Hall–Kier alpha value is -3.36. The minimum Gasteiger partial charge on any atom is -0.318 e. The standard InChI is InChI=1S/C19H17F3N4O2/c1-2-16-23-14-8-3-4-9-15(14)26(16)11-17(27)24-25-18(28)12-6-5-7-13(10-12)19(20,21)22/h3-10H,2,11H2,1H3,(H,24,27)(H,25,28).